The molecule has 0 amide bonds. The Kier molecular flexibility index (Phi) is 8.40. The number of hydrogen-bond donors (Lipinski definition) is 1. The standard InChI is InChI=1S/C17H28BrN/c1-4-12-19-16(10-7-8-14(2)3)13-15-9-5-6-11-17(15)18/h5-6,9,11,14,16,19H,4,7-8,10,12-13H2,1-3H3. The van der Waals surface area contributed by atoms with Crippen molar-refractivity contribution in [2.24, 2.45) is 5.92 Å². The van der Waals surface area contributed by atoms with Gasteiger partial charge in [-0.05, 0) is 43.4 Å². The lowest BCUT2D eigenvalue weighted by molar-refractivity contribution is 0.434. The highest BCUT2D eigenvalue weighted by Crippen LogP contribution is 2.19. The van der Waals surface area contributed by atoms with E-state index in [9.17, 15) is 0 Å². The third-order valence-electron chi connectivity index (χ3n) is 3.44. The van der Waals surface area contributed by atoms with Crippen molar-refractivity contribution in [3.8, 4) is 0 Å². The van der Waals surface area contributed by atoms with Crippen LogP contribution < -0.4 is 5.32 Å². The van der Waals surface area contributed by atoms with Gasteiger partial charge in [0.1, 0.15) is 0 Å². The minimum Gasteiger partial charge on any atom is -0.314 e. The SMILES string of the molecule is CCCNC(CCCC(C)C)Cc1ccccc1Br. The molecule has 1 unspecified atom stereocenters. The quantitative estimate of drug-likeness (QED) is 0.659. The van der Waals surface area contributed by atoms with Gasteiger partial charge in [-0.15, -0.1) is 0 Å². The second-order valence-electron chi connectivity index (χ2n) is 5.77. The molecule has 0 radical (unpaired) electrons. The molecule has 0 aliphatic carbocycles. The first-order valence-corrected chi connectivity index (χ1v) is 8.39. The van der Waals surface area contributed by atoms with Crippen LogP contribution in [0.2, 0.25) is 0 Å². The first-order valence-electron chi connectivity index (χ1n) is 7.60. The summed E-state index contributed by atoms with van der Waals surface area (Å²) in [4.78, 5) is 0. The van der Waals surface area contributed by atoms with Gasteiger partial charge < -0.3 is 5.32 Å². The number of rotatable bonds is 9. The average Bonchev–Trinajstić information content (AvgIpc) is 2.37. The zero-order chi connectivity index (χ0) is 14.1. The van der Waals surface area contributed by atoms with E-state index in [1.807, 2.05) is 0 Å². The fraction of sp³-hybridized carbons (Fsp3) is 0.647. The summed E-state index contributed by atoms with van der Waals surface area (Å²) < 4.78 is 1.24. The maximum Gasteiger partial charge on any atom is 0.0207 e. The molecule has 1 nitrogen and oxygen atoms in total. The normalized spacial score (nSPS) is 12.9. The minimum atomic E-state index is 0.609. The first-order chi connectivity index (χ1) is 9.13. The van der Waals surface area contributed by atoms with Crippen LogP contribution in [0.3, 0.4) is 0 Å². The largest absolute Gasteiger partial charge is 0.314 e. The molecule has 0 spiro atoms. The van der Waals surface area contributed by atoms with E-state index in [2.05, 4.69) is 66.3 Å². The van der Waals surface area contributed by atoms with Crippen LogP contribution in [0, 0.1) is 5.92 Å². The molecule has 1 rings (SSSR count). The zero-order valence-corrected chi connectivity index (χ0v) is 14.2. The first kappa shape index (κ1) is 16.7. The Morgan fingerprint density at radius 1 is 1.16 bits per heavy atom. The van der Waals surface area contributed by atoms with Gasteiger partial charge in [0.25, 0.3) is 0 Å². The van der Waals surface area contributed by atoms with Gasteiger partial charge in [0.15, 0.2) is 0 Å². The lowest BCUT2D eigenvalue weighted by Gasteiger charge is -2.20. The van der Waals surface area contributed by atoms with Crippen LogP contribution in [0.15, 0.2) is 28.7 Å². The van der Waals surface area contributed by atoms with Crippen LogP contribution in [-0.4, -0.2) is 12.6 Å². The molecule has 108 valence electrons. The minimum absolute atomic E-state index is 0.609. The van der Waals surface area contributed by atoms with Gasteiger partial charge in [0, 0.05) is 10.5 Å². The van der Waals surface area contributed by atoms with Crippen LogP contribution in [-0.2, 0) is 6.42 Å². The summed E-state index contributed by atoms with van der Waals surface area (Å²) in [7, 11) is 0. The van der Waals surface area contributed by atoms with E-state index in [1.54, 1.807) is 0 Å². The Labute approximate surface area is 127 Å². The van der Waals surface area contributed by atoms with Crippen LogP contribution in [0.4, 0.5) is 0 Å². The summed E-state index contributed by atoms with van der Waals surface area (Å²) in [6.45, 7) is 7.97. The zero-order valence-electron chi connectivity index (χ0n) is 12.6. The molecule has 1 aromatic carbocycles. The van der Waals surface area contributed by atoms with Crippen LogP contribution >= 0.6 is 15.9 Å². The van der Waals surface area contributed by atoms with E-state index < -0.39 is 0 Å². The number of hydrogen-bond acceptors (Lipinski definition) is 1. The number of nitrogens with one attached hydrogen (secondary N) is 1. The highest BCUT2D eigenvalue weighted by molar-refractivity contribution is 9.10. The Bertz CT molecular complexity index is 349. The van der Waals surface area contributed by atoms with Crippen molar-refractivity contribution in [1.29, 1.82) is 0 Å². The summed E-state index contributed by atoms with van der Waals surface area (Å²) in [6.07, 6.45) is 6.26. The average molecular weight is 326 g/mol. The summed E-state index contributed by atoms with van der Waals surface area (Å²) in [6, 6.07) is 9.19. The van der Waals surface area contributed by atoms with Gasteiger partial charge in [0.2, 0.25) is 0 Å². The van der Waals surface area contributed by atoms with E-state index >= 15 is 0 Å². The molecule has 0 aliphatic heterocycles. The molecule has 0 saturated heterocycles. The van der Waals surface area contributed by atoms with Crippen molar-refractivity contribution in [1.82, 2.24) is 5.32 Å². The fourth-order valence-electron chi connectivity index (χ4n) is 2.33. The molecule has 1 aromatic rings. The summed E-state index contributed by atoms with van der Waals surface area (Å²) in [5, 5.41) is 3.70. The van der Waals surface area contributed by atoms with E-state index in [4.69, 9.17) is 0 Å². The van der Waals surface area contributed by atoms with Gasteiger partial charge in [-0.1, -0.05) is 67.7 Å². The maximum atomic E-state index is 3.70. The highest BCUT2D eigenvalue weighted by Gasteiger charge is 2.10. The smallest absolute Gasteiger partial charge is 0.0207 e. The van der Waals surface area contributed by atoms with Gasteiger partial charge in [0.05, 0.1) is 0 Å². The highest BCUT2D eigenvalue weighted by atomic mass is 79.9. The van der Waals surface area contributed by atoms with Gasteiger partial charge in [-0.2, -0.15) is 0 Å². The van der Waals surface area contributed by atoms with Crippen molar-refractivity contribution < 1.29 is 0 Å². The van der Waals surface area contributed by atoms with Crippen LogP contribution in [0.25, 0.3) is 0 Å². The summed E-state index contributed by atoms with van der Waals surface area (Å²) in [5.74, 6) is 0.815. The molecule has 2 heteroatoms. The van der Waals surface area contributed by atoms with Crippen molar-refractivity contribution in [3.05, 3.63) is 34.3 Å². The van der Waals surface area contributed by atoms with Gasteiger partial charge in [-0.25, -0.2) is 0 Å². The lowest BCUT2D eigenvalue weighted by Crippen LogP contribution is -2.32. The van der Waals surface area contributed by atoms with Gasteiger partial charge in [-0.3, -0.25) is 0 Å². The molecule has 0 bridgehead atoms. The van der Waals surface area contributed by atoms with Gasteiger partial charge >= 0.3 is 0 Å². The molecule has 1 atom stereocenters. The second-order valence-corrected chi connectivity index (χ2v) is 6.63. The molecule has 1 N–H and O–H groups in total. The van der Waals surface area contributed by atoms with Crippen molar-refractivity contribution >= 4 is 15.9 Å². The van der Waals surface area contributed by atoms with E-state index in [-0.39, 0.29) is 0 Å². The Balaban J connectivity index is 2.51. The predicted octanol–water partition coefficient (Wildman–Crippen LogP) is 5.19. The van der Waals surface area contributed by atoms with Crippen LogP contribution in [0.5, 0.6) is 0 Å². The third-order valence-corrected chi connectivity index (χ3v) is 4.21. The molecular weight excluding hydrogens is 298 g/mol. The molecule has 0 fully saturated rings. The Morgan fingerprint density at radius 3 is 2.53 bits per heavy atom. The van der Waals surface area contributed by atoms with Crippen molar-refractivity contribution in [2.45, 2.75) is 58.9 Å². The van der Waals surface area contributed by atoms with Crippen LogP contribution in [0.1, 0.15) is 52.0 Å². The fourth-order valence-corrected chi connectivity index (χ4v) is 2.77. The molecular formula is C17H28BrN. The molecule has 19 heavy (non-hydrogen) atoms. The summed E-state index contributed by atoms with van der Waals surface area (Å²) >= 11 is 3.66. The predicted molar refractivity (Wildman–Crippen MR) is 88.6 cm³/mol. The van der Waals surface area contributed by atoms with Crippen molar-refractivity contribution in [2.75, 3.05) is 6.54 Å². The topological polar surface area (TPSA) is 12.0 Å². The van der Waals surface area contributed by atoms with E-state index in [0.29, 0.717) is 6.04 Å². The molecule has 0 aromatic heterocycles. The van der Waals surface area contributed by atoms with E-state index in [1.165, 1.54) is 35.7 Å². The third kappa shape index (κ3) is 7.12. The Morgan fingerprint density at radius 2 is 1.89 bits per heavy atom. The molecule has 0 saturated carbocycles. The van der Waals surface area contributed by atoms with Crippen molar-refractivity contribution in [3.63, 3.8) is 0 Å². The maximum absolute atomic E-state index is 3.70. The van der Waals surface area contributed by atoms with E-state index in [0.717, 1.165) is 18.9 Å². The summed E-state index contributed by atoms with van der Waals surface area (Å²) in [5.41, 5.74) is 1.42. The number of benzene rings is 1. The second kappa shape index (κ2) is 9.55. The monoisotopic (exact) mass is 325 g/mol. The molecule has 0 heterocycles. The number of halogens is 1. The lowest BCUT2D eigenvalue weighted by atomic mass is 9.98. The Hall–Kier alpha value is -0.340. The molecule has 0 aliphatic rings.